The van der Waals surface area contributed by atoms with Crippen LogP contribution in [0.25, 0.3) is 186 Å². The molecule has 0 unspecified atom stereocenters. The second-order valence-corrected chi connectivity index (χ2v) is 36.5. The Kier molecular flexibility index (Phi) is 21.2. The van der Waals surface area contributed by atoms with Gasteiger partial charge in [-0.25, -0.2) is 0 Å². The fourth-order valence-electron chi connectivity index (χ4n) is 21.3. The summed E-state index contributed by atoms with van der Waals surface area (Å²) in [6, 6.07) is 197. The molecule has 27 aromatic rings. The van der Waals surface area contributed by atoms with Gasteiger partial charge >= 0.3 is 0 Å². The molecule has 2 aromatic heterocycles. The molecule has 666 valence electrons. The second kappa shape index (κ2) is 36.0. The van der Waals surface area contributed by atoms with Gasteiger partial charge in [0.25, 0.3) is 0 Å². The maximum absolute atomic E-state index is 6.17. The quantitative estimate of drug-likeness (QED) is 0.0798. The van der Waals surface area contributed by atoms with Crippen molar-refractivity contribution in [1.29, 1.82) is 0 Å². The minimum atomic E-state index is 0.899. The molecule has 27 rings (SSSR count). The Morgan fingerprint density at radius 2 is 0.296 bits per heavy atom. The van der Waals surface area contributed by atoms with Gasteiger partial charge in [-0.1, -0.05) is 358 Å². The van der Waals surface area contributed by atoms with Gasteiger partial charge in [-0.15, -0.1) is 0 Å². The highest BCUT2D eigenvalue weighted by Gasteiger charge is 2.23. The smallest absolute Gasteiger partial charge is 0.135 e. The fraction of sp³-hybridized carbons (Fsp3) is 0. The van der Waals surface area contributed by atoms with E-state index in [0.717, 1.165) is 157 Å². The van der Waals surface area contributed by atoms with Crippen molar-refractivity contribution in [3.05, 3.63) is 546 Å². The predicted octanol–water partition coefficient (Wildman–Crippen LogP) is 39.1. The fourth-order valence-corrected chi connectivity index (χ4v) is 21.3. The summed E-state index contributed by atoms with van der Waals surface area (Å²) in [4.78, 5) is 9.36. The summed E-state index contributed by atoms with van der Waals surface area (Å²) in [5.74, 6) is 0. The number of fused-ring (bicyclic) bond motifs is 19. The van der Waals surface area contributed by atoms with Crippen LogP contribution in [0.5, 0.6) is 0 Å². The van der Waals surface area contributed by atoms with E-state index in [0.29, 0.717) is 0 Å². The van der Waals surface area contributed by atoms with E-state index in [1.54, 1.807) is 0 Å². The molecule has 0 bridgehead atoms. The van der Waals surface area contributed by atoms with Crippen molar-refractivity contribution in [2.24, 2.45) is 0 Å². The van der Waals surface area contributed by atoms with Crippen LogP contribution in [0.3, 0.4) is 0 Å². The molecular weight excluding hydrogens is 1720 g/mol. The molecule has 0 amide bonds. The summed E-state index contributed by atoms with van der Waals surface area (Å²) >= 11 is 0. The molecule has 6 heteroatoms. The monoisotopic (exact) mass is 1810 g/mol. The van der Waals surface area contributed by atoms with Crippen LogP contribution in [-0.2, 0) is 0 Å². The Bertz CT molecular complexity index is 9300. The van der Waals surface area contributed by atoms with Crippen LogP contribution >= 0.6 is 0 Å². The van der Waals surface area contributed by atoms with Gasteiger partial charge in [0.05, 0.1) is 5.69 Å². The summed E-state index contributed by atoms with van der Waals surface area (Å²) in [5, 5.41) is 22.3. The number of nitrogens with zero attached hydrogens (tertiary/aromatic N) is 4. The highest BCUT2D eigenvalue weighted by atomic mass is 16.3. The van der Waals surface area contributed by atoms with Gasteiger partial charge in [0.15, 0.2) is 0 Å². The highest BCUT2D eigenvalue weighted by Crippen LogP contribution is 2.48. The van der Waals surface area contributed by atoms with Crippen molar-refractivity contribution in [3.8, 4) is 66.8 Å². The normalized spacial score (nSPS) is 11.5. The molecule has 142 heavy (non-hydrogen) atoms. The molecule has 0 spiro atoms. The lowest BCUT2D eigenvalue weighted by Crippen LogP contribution is -2.10. The number of rotatable bonds is 18. The van der Waals surface area contributed by atoms with Crippen LogP contribution < -0.4 is 19.6 Å². The molecule has 0 saturated heterocycles. The zero-order valence-corrected chi connectivity index (χ0v) is 77.6. The van der Waals surface area contributed by atoms with Crippen LogP contribution in [0.4, 0.5) is 68.2 Å². The zero-order valence-electron chi connectivity index (χ0n) is 77.6. The van der Waals surface area contributed by atoms with Crippen LogP contribution in [0.1, 0.15) is 0 Å². The van der Waals surface area contributed by atoms with Crippen molar-refractivity contribution < 1.29 is 8.83 Å². The maximum atomic E-state index is 6.17. The Balaban J connectivity index is 0.000000146. The Morgan fingerprint density at radius 1 is 0.106 bits per heavy atom. The van der Waals surface area contributed by atoms with Crippen molar-refractivity contribution in [1.82, 2.24) is 0 Å². The minimum Gasteiger partial charge on any atom is -0.456 e. The van der Waals surface area contributed by atoms with Crippen molar-refractivity contribution in [2.45, 2.75) is 0 Å². The highest BCUT2D eigenvalue weighted by molar-refractivity contribution is 6.27. The molecular formula is C136H90N4O2. The SMILES string of the molecule is c1ccc(N(c2ccc(-c3ccc(N(c4ccc(-c5ccc6oc7ccccc7c6c5)cc4)c4ccc(-c5ccc6c7ccccc7c7ccccc7c6c5)cc4)cc3)cc2)c2cccc3ccccc23)cc1.c1ccc(N(c2ccccc2)c2ccc(-c3ccc(N(c4ccc(-c5ccc6oc7ccccc7c6c5)cc4)c4ccc(-c5ccc6c7ccccc7c7ccccc7c6c5)cc4)cc3)cc2)cc1. The number of benzene rings is 25. The molecule has 0 aliphatic carbocycles. The van der Waals surface area contributed by atoms with E-state index in [4.69, 9.17) is 8.83 Å². The molecule has 0 N–H and O–H groups in total. The summed E-state index contributed by atoms with van der Waals surface area (Å²) in [6.07, 6.45) is 0. The molecule has 0 aliphatic rings. The lowest BCUT2D eigenvalue weighted by atomic mass is 9.92. The Labute approximate surface area is 822 Å². The van der Waals surface area contributed by atoms with E-state index in [1.807, 2.05) is 24.3 Å². The largest absolute Gasteiger partial charge is 0.456 e. The third kappa shape index (κ3) is 15.5. The van der Waals surface area contributed by atoms with E-state index < -0.39 is 0 Å². The predicted molar refractivity (Wildman–Crippen MR) is 601 cm³/mol. The molecule has 0 saturated carbocycles. The standard InChI is InChI=1S/C70H46N2O.C66H44N2O/c1-2-15-54(16-3-1)72(68-23-12-14-51-13-4-5-17-59(51)68)58-41-27-48(28-42-58)47-25-35-55(36-26-47)71(57-39-31-50(32-40-57)53-34-44-70-67(46-53)65-22-10-11-24-69(65)73-70)56-37-29-49(30-38-56)52-33-43-64-62-20-7-6-18-60(62)61-19-8-9-21-63(61)66(64)45-52;1-3-13-51(14-4-1)67(52-15-5-2-6-16-52)53-33-23-45(24-34-53)46-25-35-54(36-26-46)68(56-39-29-48(30-40-56)50-32-42-66-64(44-50)62-21-11-12-22-65(62)69-66)55-37-27-47(28-38-55)49-31-41-61-59-19-8-7-17-57(59)58-18-9-10-20-60(58)63(61)43-49/h1-46H;1-44H. The van der Waals surface area contributed by atoms with Crippen LogP contribution in [-0.4, -0.2) is 0 Å². The minimum absolute atomic E-state index is 0.899. The van der Waals surface area contributed by atoms with E-state index in [-0.39, 0.29) is 0 Å². The van der Waals surface area contributed by atoms with Gasteiger partial charge in [0.2, 0.25) is 0 Å². The van der Waals surface area contributed by atoms with Crippen molar-refractivity contribution in [2.75, 3.05) is 19.6 Å². The van der Waals surface area contributed by atoms with Crippen molar-refractivity contribution in [3.63, 3.8) is 0 Å². The van der Waals surface area contributed by atoms with Gasteiger partial charge in [0.1, 0.15) is 22.3 Å². The van der Waals surface area contributed by atoms with E-state index in [2.05, 4.69) is 541 Å². The molecule has 6 nitrogen and oxygen atoms in total. The van der Waals surface area contributed by atoms with Gasteiger partial charge in [-0.3, -0.25) is 0 Å². The third-order valence-electron chi connectivity index (χ3n) is 28.3. The number of anilines is 12. The summed E-state index contributed by atoms with van der Waals surface area (Å²) in [7, 11) is 0. The summed E-state index contributed by atoms with van der Waals surface area (Å²) in [5.41, 5.74) is 30.7. The van der Waals surface area contributed by atoms with Gasteiger partial charge < -0.3 is 28.4 Å². The average molecular weight is 1810 g/mol. The van der Waals surface area contributed by atoms with Gasteiger partial charge in [-0.2, -0.15) is 0 Å². The number of hydrogen-bond donors (Lipinski definition) is 0. The summed E-state index contributed by atoms with van der Waals surface area (Å²) < 4.78 is 12.3. The van der Waals surface area contributed by atoms with Crippen LogP contribution in [0.15, 0.2) is 555 Å². The first-order valence-electron chi connectivity index (χ1n) is 48.5. The maximum Gasteiger partial charge on any atom is 0.135 e. The van der Waals surface area contributed by atoms with Crippen molar-refractivity contribution >= 4 is 188 Å². The zero-order chi connectivity index (χ0) is 93.9. The van der Waals surface area contributed by atoms with E-state index in [1.165, 1.54) is 97.7 Å². The first-order valence-corrected chi connectivity index (χ1v) is 48.5. The molecule has 25 aromatic carbocycles. The van der Waals surface area contributed by atoms with Crippen LogP contribution in [0, 0.1) is 0 Å². The number of furan rings is 2. The number of para-hydroxylation sites is 5. The topological polar surface area (TPSA) is 39.2 Å². The Morgan fingerprint density at radius 3 is 0.599 bits per heavy atom. The lowest BCUT2D eigenvalue weighted by molar-refractivity contribution is 0.668. The number of hydrogen-bond acceptors (Lipinski definition) is 6. The Hall–Kier alpha value is -18.9. The molecule has 0 fully saturated rings. The molecule has 0 aliphatic heterocycles. The lowest BCUT2D eigenvalue weighted by Gasteiger charge is -2.27. The second-order valence-electron chi connectivity index (χ2n) is 36.5. The first-order chi connectivity index (χ1) is 70.4. The molecule has 0 radical (unpaired) electrons. The first kappa shape index (κ1) is 83.7. The molecule has 2 heterocycles. The van der Waals surface area contributed by atoms with E-state index >= 15 is 0 Å². The molecule has 0 atom stereocenters. The van der Waals surface area contributed by atoms with E-state index in [9.17, 15) is 0 Å². The van der Waals surface area contributed by atoms with Gasteiger partial charge in [0, 0.05) is 89.5 Å². The third-order valence-corrected chi connectivity index (χ3v) is 28.3. The average Bonchev–Trinajstić information content (AvgIpc) is 0.975. The van der Waals surface area contributed by atoms with Crippen LogP contribution in [0.2, 0.25) is 0 Å². The van der Waals surface area contributed by atoms with Gasteiger partial charge in [-0.05, 0) is 325 Å². The summed E-state index contributed by atoms with van der Waals surface area (Å²) in [6.45, 7) is 0.